The molecule has 0 atom stereocenters. The lowest BCUT2D eigenvalue weighted by Gasteiger charge is -2.23. The summed E-state index contributed by atoms with van der Waals surface area (Å²) in [5.41, 5.74) is 0. The Bertz CT molecular complexity index is 114. The summed E-state index contributed by atoms with van der Waals surface area (Å²) in [6.07, 6.45) is 1.01. The Balaban J connectivity index is 3.85. The lowest BCUT2D eigenvalue weighted by atomic mass is 10.3. The van der Waals surface area contributed by atoms with Gasteiger partial charge in [0.2, 0.25) is 0 Å². The van der Waals surface area contributed by atoms with Crippen LogP contribution in [0.15, 0.2) is 0 Å². The molecule has 3 heteroatoms. The lowest BCUT2D eigenvalue weighted by molar-refractivity contribution is 0.210. The van der Waals surface area contributed by atoms with Gasteiger partial charge in [-0.15, -0.1) is 0 Å². The van der Waals surface area contributed by atoms with E-state index in [1.54, 1.807) is 4.90 Å². The molecule has 0 aromatic heterocycles. The maximum absolute atomic E-state index is 10.8. The molecule has 0 rings (SSSR count). The molecule has 1 amide bonds. The van der Waals surface area contributed by atoms with Gasteiger partial charge in [-0.3, -0.25) is 4.79 Å². The van der Waals surface area contributed by atoms with E-state index >= 15 is 0 Å². The first-order valence-corrected chi connectivity index (χ1v) is 4.35. The quantitative estimate of drug-likeness (QED) is 0.515. The van der Waals surface area contributed by atoms with Crippen LogP contribution in [0.25, 0.3) is 0 Å². The molecule has 60 valence electrons. The third-order valence-electron chi connectivity index (χ3n) is 1.31. The van der Waals surface area contributed by atoms with Crippen molar-refractivity contribution in [2.75, 3.05) is 6.54 Å². The van der Waals surface area contributed by atoms with Crippen LogP contribution < -0.4 is 0 Å². The summed E-state index contributed by atoms with van der Waals surface area (Å²) in [6, 6.07) is 0.298. The number of carbonyl (C=O) groups excluding carboxylic acids is 1. The molecule has 0 fully saturated rings. The van der Waals surface area contributed by atoms with E-state index in [2.05, 4.69) is 22.9 Å². The Morgan fingerprint density at radius 3 is 2.20 bits per heavy atom. The van der Waals surface area contributed by atoms with Gasteiger partial charge in [-0.2, -0.15) is 0 Å². The molecule has 0 heterocycles. The number of rotatable bonds is 3. The number of carbonyl (C=O) groups is 1. The monoisotopic (exact) mass is 207 g/mol. The first-order chi connectivity index (χ1) is 4.59. The van der Waals surface area contributed by atoms with Crippen molar-refractivity contribution in [3.8, 4) is 0 Å². The molecule has 0 N–H and O–H groups in total. The van der Waals surface area contributed by atoms with Gasteiger partial charge < -0.3 is 4.90 Å². The average molecular weight is 208 g/mol. The van der Waals surface area contributed by atoms with E-state index in [1.165, 1.54) is 0 Å². The maximum atomic E-state index is 10.8. The molecule has 0 spiro atoms. The van der Waals surface area contributed by atoms with Crippen molar-refractivity contribution < 1.29 is 4.79 Å². The highest BCUT2D eigenvalue weighted by molar-refractivity contribution is 9.18. The molecule has 0 aliphatic carbocycles. The summed E-state index contributed by atoms with van der Waals surface area (Å²) in [5.74, 6) is 0. The molecule has 0 radical (unpaired) electrons. The van der Waals surface area contributed by atoms with Crippen LogP contribution in [0.4, 0.5) is 4.79 Å². The predicted molar refractivity (Wildman–Crippen MR) is 46.5 cm³/mol. The second-order valence-corrected chi connectivity index (χ2v) is 3.22. The summed E-state index contributed by atoms with van der Waals surface area (Å²) in [7, 11) is 0. The zero-order valence-corrected chi connectivity index (χ0v) is 8.31. The SMILES string of the molecule is CCCN(C(=O)Br)C(C)C. The van der Waals surface area contributed by atoms with Crippen LogP contribution >= 0.6 is 15.9 Å². The number of hydrogen-bond donors (Lipinski definition) is 0. The van der Waals surface area contributed by atoms with Gasteiger partial charge in [0.05, 0.1) is 0 Å². The van der Waals surface area contributed by atoms with E-state index in [0.29, 0.717) is 6.04 Å². The van der Waals surface area contributed by atoms with Crippen molar-refractivity contribution >= 4 is 20.7 Å². The molecule has 0 aliphatic rings. The topological polar surface area (TPSA) is 20.3 Å². The van der Waals surface area contributed by atoms with E-state index in [1.807, 2.05) is 13.8 Å². The number of halogens is 1. The van der Waals surface area contributed by atoms with Gasteiger partial charge in [0.15, 0.2) is 0 Å². The van der Waals surface area contributed by atoms with Crippen molar-refractivity contribution in [3.05, 3.63) is 0 Å². The molecule has 0 aromatic rings. The molecule has 2 nitrogen and oxygen atoms in total. The molecule has 0 unspecified atom stereocenters. The van der Waals surface area contributed by atoms with E-state index in [0.717, 1.165) is 13.0 Å². The van der Waals surface area contributed by atoms with E-state index < -0.39 is 0 Å². The highest BCUT2D eigenvalue weighted by Gasteiger charge is 2.11. The molecule has 0 aliphatic heterocycles. The van der Waals surface area contributed by atoms with Gasteiger partial charge in [0, 0.05) is 28.5 Å². The van der Waals surface area contributed by atoms with Crippen LogP contribution in [0.2, 0.25) is 0 Å². The maximum Gasteiger partial charge on any atom is 0.289 e. The zero-order valence-electron chi connectivity index (χ0n) is 6.72. The fourth-order valence-corrected chi connectivity index (χ4v) is 1.38. The van der Waals surface area contributed by atoms with Crippen molar-refractivity contribution in [2.24, 2.45) is 0 Å². The highest BCUT2D eigenvalue weighted by atomic mass is 79.9. The normalized spacial score (nSPS) is 10.1. The predicted octanol–water partition coefficient (Wildman–Crippen LogP) is 2.62. The largest absolute Gasteiger partial charge is 0.331 e. The molecule has 0 saturated heterocycles. The van der Waals surface area contributed by atoms with E-state index in [9.17, 15) is 4.79 Å². The molecule has 0 aromatic carbocycles. The minimum Gasteiger partial charge on any atom is -0.331 e. The summed E-state index contributed by atoms with van der Waals surface area (Å²) in [4.78, 5) is 12.6. The summed E-state index contributed by atoms with van der Waals surface area (Å²) < 4.78 is 0. The minimum absolute atomic E-state index is 0.00986. The number of amides is 1. The Kier molecular flexibility index (Phi) is 4.69. The lowest BCUT2D eigenvalue weighted by Crippen LogP contribution is -2.33. The average Bonchev–Trinajstić information content (AvgIpc) is 1.81. The van der Waals surface area contributed by atoms with Crippen LogP contribution in [-0.2, 0) is 0 Å². The zero-order chi connectivity index (χ0) is 8.15. The molecule has 0 bridgehead atoms. The number of hydrogen-bond acceptors (Lipinski definition) is 1. The van der Waals surface area contributed by atoms with Gasteiger partial charge in [-0.1, -0.05) is 6.92 Å². The fourth-order valence-electron chi connectivity index (χ4n) is 0.790. The Labute approximate surface area is 70.7 Å². The summed E-state index contributed by atoms with van der Waals surface area (Å²) in [6.45, 7) is 6.91. The van der Waals surface area contributed by atoms with Crippen molar-refractivity contribution in [1.29, 1.82) is 0 Å². The van der Waals surface area contributed by atoms with Gasteiger partial charge in [-0.25, -0.2) is 0 Å². The smallest absolute Gasteiger partial charge is 0.289 e. The molecular formula is C7H14BrNO. The van der Waals surface area contributed by atoms with Gasteiger partial charge in [-0.05, 0) is 20.3 Å². The van der Waals surface area contributed by atoms with E-state index in [4.69, 9.17) is 0 Å². The number of nitrogens with zero attached hydrogens (tertiary/aromatic N) is 1. The van der Waals surface area contributed by atoms with Crippen LogP contribution in [-0.4, -0.2) is 22.3 Å². The van der Waals surface area contributed by atoms with E-state index in [-0.39, 0.29) is 4.82 Å². The summed E-state index contributed by atoms with van der Waals surface area (Å²) in [5, 5.41) is 0. The molecule has 10 heavy (non-hydrogen) atoms. The summed E-state index contributed by atoms with van der Waals surface area (Å²) >= 11 is 2.93. The Morgan fingerprint density at radius 2 is 2.10 bits per heavy atom. The molecule has 0 saturated carbocycles. The van der Waals surface area contributed by atoms with Gasteiger partial charge >= 0.3 is 0 Å². The van der Waals surface area contributed by atoms with Crippen LogP contribution in [0.3, 0.4) is 0 Å². The van der Waals surface area contributed by atoms with Crippen LogP contribution in [0.1, 0.15) is 27.2 Å². The fraction of sp³-hybridized carbons (Fsp3) is 0.857. The third-order valence-corrected chi connectivity index (χ3v) is 1.77. The third kappa shape index (κ3) is 3.20. The van der Waals surface area contributed by atoms with Crippen molar-refractivity contribution in [1.82, 2.24) is 4.90 Å². The van der Waals surface area contributed by atoms with Crippen molar-refractivity contribution in [2.45, 2.75) is 33.2 Å². The Hall–Kier alpha value is -0.0500. The van der Waals surface area contributed by atoms with Crippen LogP contribution in [0.5, 0.6) is 0 Å². The minimum atomic E-state index is -0.00986. The highest BCUT2D eigenvalue weighted by Crippen LogP contribution is 2.05. The first-order valence-electron chi connectivity index (χ1n) is 3.55. The second-order valence-electron chi connectivity index (χ2n) is 2.54. The van der Waals surface area contributed by atoms with Gasteiger partial charge in [0.25, 0.3) is 4.82 Å². The standard InChI is InChI=1S/C7H14BrNO/c1-4-5-9(6(2)3)7(8)10/h6H,4-5H2,1-3H3. The Morgan fingerprint density at radius 1 is 1.60 bits per heavy atom. The van der Waals surface area contributed by atoms with Crippen LogP contribution in [0, 0.1) is 0 Å². The molecular weight excluding hydrogens is 194 g/mol. The van der Waals surface area contributed by atoms with Gasteiger partial charge in [0.1, 0.15) is 0 Å². The first kappa shape index (κ1) is 9.95. The van der Waals surface area contributed by atoms with Crippen molar-refractivity contribution in [3.63, 3.8) is 0 Å². The second kappa shape index (κ2) is 4.72.